The van der Waals surface area contributed by atoms with E-state index in [1.165, 1.54) is 0 Å². The number of benzene rings is 1. The summed E-state index contributed by atoms with van der Waals surface area (Å²) in [6.07, 6.45) is 1.69. The number of piperidine rings is 1. The van der Waals surface area contributed by atoms with E-state index in [9.17, 15) is 18.0 Å². The van der Waals surface area contributed by atoms with Crippen LogP contribution < -0.4 is 10.6 Å². The molecule has 0 aromatic heterocycles. The maximum atomic E-state index is 13.6. The number of aromatic hydroxyl groups is 1. The van der Waals surface area contributed by atoms with E-state index in [2.05, 4.69) is 10.6 Å². The van der Waals surface area contributed by atoms with Gasteiger partial charge in [0.15, 0.2) is 17.4 Å². The molecule has 116 valence electrons. The summed E-state index contributed by atoms with van der Waals surface area (Å²) in [5.74, 6) is -6.97. The van der Waals surface area contributed by atoms with Gasteiger partial charge >= 0.3 is 0 Å². The topological polar surface area (TPSA) is 61.4 Å². The zero-order valence-corrected chi connectivity index (χ0v) is 11.6. The van der Waals surface area contributed by atoms with Crippen molar-refractivity contribution in [2.75, 3.05) is 19.6 Å². The maximum absolute atomic E-state index is 13.6. The van der Waals surface area contributed by atoms with Crippen molar-refractivity contribution >= 4 is 5.91 Å². The van der Waals surface area contributed by atoms with Gasteiger partial charge in [0.25, 0.3) is 5.91 Å². The Morgan fingerprint density at radius 2 is 1.95 bits per heavy atom. The SMILES string of the molecule is CC1(CNC(=O)c2cc(F)c(F)c(O)c2F)CCNCC1. The summed E-state index contributed by atoms with van der Waals surface area (Å²) in [6.45, 7) is 3.94. The van der Waals surface area contributed by atoms with Gasteiger partial charge in [0.1, 0.15) is 0 Å². The summed E-state index contributed by atoms with van der Waals surface area (Å²) in [7, 11) is 0. The Bertz CT molecular complexity index is 558. The lowest BCUT2D eigenvalue weighted by Gasteiger charge is -2.34. The molecule has 1 aliphatic heterocycles. The smallest absolute Gasteiger partial charge is 0.254 e. The molecular formula is C14H17F3N2O2. The minimum absolute atomic E-state index is 0.127. The Labute approximate surface area is 120 Å². The van der Waals surface area contributed by atoms with Crippen molar-refractivity contribution in [3.8, 4) is 5.75 Å². The fraction of sp³-hybridized carbons (Fsp3) is 0.500. The van der Waals surface area contributed by atoms with Crippen LogP contribution in [0.2, 0.25) is 0 Å². The third kappa shape index (κ3) is 3.29. The molecule has 0 aliphatic carbocycles. The molecule has 1 aliphatic rings. The minimum atomic E-state index is -1.70. The summed E-state index contributed by atoms with van der Waals surface area (Å²) >= 11 is 0. The number of hydrogen-bond acceptors (Lipinski definition) is 3. The molecular weight excluding hydrogens is 285 g/mol. The molecule has 1 aromatic carbocycles. The van der Waals surface area contributed by atoms with Gasteiger partial charge in [0.05, 0.1) is 5.56 Å². The lowest BCUT2D eigenvalue weighted by molar-refractivity contribution is 0.0916. The summed E-state index contributed by atoms with van der Waals surface area (Å²) in [6, 6.07) is 0.449. The Kier molecular flexibility index (Phi) is 4.41. The molecule has 3 N–H and O–H groups in total. The lowest BCUT2D eigenvalue weighted by atomic mass is 9.81. The number of carbonyl (C=O) groups excluding carboxylic acids is 1. The van der Waals surface area contributed by atoms with E-state index in [1.807, 2.05) is 6.92 Å². The van der Waals surface area contributed by atoms with Crippen LogP contribution in [0.1, 0.15) is 30.1 Å². The van der Waals surface area contributed by atoms with E-state index in [-0.39, 0.29) is 5.41 Å². The van der Waals surface area contributed by atoms with Crippen LogP contribution in [0.15, 0.2) is 6.07 Å². The number of phenolic OH excluding ortho intramolecular Hbond substituents is 1. The second-order valence-electron chi connectivity index (χ2n) is 5.63. The first-order valence-electron chi connectivity index (χ1n) is 6.69. The highest BCUT2D eigenvalue weighted by molar-refractivity contribution is 5.95. The maximum Gasteiger partial charge on any atom is 0.254 e. The number of hydrogen-bond donors (Lipinski definition) is 3. The molecule has 1 aromatic rings. The molecule has 2 rings (SSSR count). The number of carbonyl (C=O) groups is 1. The zero-order valence-electron chi connectivity index (χ0n) is 11.6. The van der Waals surface area contributed by atoms with Crippen molar-refractivity contribution in [2.24, 2.45) is 5.41 Å². The molecule has 0 unspecified atom stereocenters. The highest BCUT2D eigenvalue weighted by Gasteiger charge is 2.28. The largest absolute Gasteiger partial charge is 0.503 e. The van der Waals surface area contributed by atoms with Crippen molar-refractivity contribution in [1.29, 1.82) is 0 Å². The monoisotopic (exact) mass is 302 g/mol. The number of rotatable bonds is 3. The Balaban J connectivity index is 2.10. The van der Waals surface area contributed by atoms with E-state index in [0.717, 1.165) is 25.9 Å². The van der Waals surface area contributed by atoms with Gasteiger partial charge in [-0.25, -0.2) is 8.78 Å². The Morgan fingerprint density at radius 3 is 2.57 bits per heavy atom. The third-order valence-electron chi connectivity index (χ3n) is 3.86. The van der Waals surface area contributed by atoms with E-state index in [0.29, 0.717) is 12.6 Å². The van der Waals surface area contributed by atoms with Crippen LogP contribution in [0, 0.1) is 22.9 Å². The standard InChI is InChI=1S/C14H17F3N2O2/c1-14(2-4-18-5-3-14)7-19-13(21)8-6-9(15)11(17)12(20)10(8)16/h6,18,20H,2-5,7H2,1H3,(H,19,21). The molecule has 1 saturated heterocycles. The van der Waals surface area contributed by atoms with E-state index < -0.39 is 34.7 Å². The molecule has 1 amide bonds. The molecule has 0 bridgehead atoms. The fourth-order valence-corrected chi connectivity index (χ4v) is 2.35. The van der Waals surface area contributed by atoms with Crippen molar-refractivity contribution < 1.29 is 23.1 Å². The number of phenols is 1. The van der Waals surface area contributed by atoms with Gasteiger partial charge in [0, 0.05) is 6.54 Å². The van der Waals surface area contributed by atoms with Gasteiger partial charge in [-0.05, 0) is 37.4 Å². The first kappa shape index (κ1) is 15.6. The molecule has 0 saturated carbocycles. The van der Waals surface area contributed by atoms with Gasteiger partial charge in [-0.15, -0.1) is 0 Å². The molecule has 21 heavy (non-hydrogen) atoms. The van der Waals surface area contributed by atoms with Crippen LogP contribution >= 0.6 is 0 Å². The van der Waals surface area contributed by atoms with Crippen LogP contribution in [0.5, 0.6) is 5.75 Å². The Morgan fingerprint density at radius 1 is 1.33 bits per heavy atom. The molecule has 0 atom stereocenters. The van der Waals surface area contributed by atoms with E-state index >= 15 is 0 Å². The van der Waals surface area contributed by atoms with Crippen LogP contribution in [-0.2, 0) is 0 Å². The summed E-state index contributed by atoms with van der Waals surface area (Å²) in [5.41, 5.74) is -0.832. The van der Waals surface area contributed by atoms with Gasteiger partial charge in [-0.3, -0.25) is 4.79 Å². The molecule has 7 heteroatoms. The van der Waals surface area contributed by atoms with Crippen molar-refractivity contribution in [1.82, 2.24) is 10.6 Å². The van der Waals surface area contributed by atoms with Crippen LogP contribution in [0.25, 0.3) is 0 Å². The van der Waals surface area contributed by atoms with Crippen molar-refractivity contribution in [3.63, 3.8) is 0 Å². The van der Waals surface area contributed by atoms with Crippen LogP contribution in [-0.4, -0.2) is 30.6 Å². The summed E-state index contributed by atoms with van der Waals surface area (Å²) in [4.78, 5) is 11.9. The zero-order chi connectivity index (χ0) is 15.6. The number of nitrogens with one attached hydrogen (secondary N) is 2. The van der Waals surface area contributed by atoms with Gasteiger partial charge in [-0.1, -0.05) is 6.92 Å². The minimum Gasteiger partial charge on any atom is -0.503 e. The summed E-state index contributed by atoms with van der Waals surface area (Å²) in [5, 5.41) is 14.8. The molecule has 1 heterocycles. The average molecular weight is 302 g/mol. The highest BCUT2D eigenvalue weighted by atomic mass is 19.2. The lowest BCUT2D eigenvalue weighted by Crippen LogP contribution is -2.43. The van der Waals surface area contributed by atoms with Crippen LogP contribution in [0.4, 0.5) is 13.2 Å². The highest BCUT2D eigenvalue weighted by Crippen LogP contribution is 2.28. The van der Waals surface area contributed by atoms with E-state index in [4.69, 9.17) is 5.11 Å². The van der Waals surface area contributed by atoms with Crippen LogP contribution in [0.3, 0.4) is 0 Å². The number of halogens is 3. The first-order valence-corrected chi connectivity index (χ1v) is 6.69. The van der Waals surface area contributed by atoms with Crippen molar-refractivity contribution in [3.05, 3.63) is 29.1 Å². The second kappa shape index (κ2) is 5.93. The third-order valence-corrected chi connectivity index (χ3v) is 3.86. The molecule has 4 nitrogen and oxygen atoms in total. The van der Waals surface area contributed by atoms with Gasteiger partial charge in [-0.2, -0.15) is 4.39 Å². The molecule has 1 fully saturated rings. The Hall–Kier alpha value is -1.76. The first-order chi connectivity index (χ1) is 9.84. The fourth-order valence-electron chi connectivity index (χ4n) is 2.35. The van der Waals surface area contributed by atoms with E-state index in [1.54, 1.807) is 0 Å². The molecule has 0 radical (unpaired) electrons. The average Bonchev–Trinajstić information content (AvgIpc) is 2.47. The summed E-state index contributed by atoms with van der Waals surface area (Å²) < 4.78 is 39.8. The second-order valence-corrected chi connectivity index (χ2v) is 5.63. The number of amides is 1. The van der Waals surface area contributed by atoms with Gasteiger partial charge in [0.2, 0.25) is 5.82 Å². The predicted octanol–water partition coefficient (Wildman–Crippen LogP) is 1.93. The van der Waals surface area contributed by atoms with Crippen molar-refractivity contribution in [2.45, 2.75) is 19.8 Å². The molecule has 0 spiro atoms. The quantitative estimate of drug-likeness (QED) is 0.748. The normalized spacial score (nSPS) is 17.5. The predicted molar refractivity (Wildman–Crippen MR) is 70.5 cm³/mol. The van der Waals surface area contributed by atoms with Gasteiger partial charge < -0.3 is 15.7 Å².